The molecule has 0 bridgehead atoms. The second-order valence-corrected chi connectivity index (χ2v) is 4.46. The Hall–Kier alpha value is -1.23. The molecule has 0 spiro atoms. The molecule has 1 aromatic rings. The predicted molar refractivity (Wildman–Crippen MR) is 63.5 cm³/mol. The molecule has 1 N–H and O–H groups in total. The summed E-state index contributed by atoms with van der Waals surface area (Å²) in [7, 11) is 0. The first-order valence-corrected chi connectivity index (χ1v) is 5.33. The average molecular weight is 223 g/mol. The van der Waals surface area contributed by atoms with Crippen LogP contribution in [0, 0.1) is 6.92 Å². The highest BCUT2D eigenvalue weighted by molar-refractivity contribution is 7.80. The Morgan fingerprint density at radius 2 is 2.20 bits per heavy atom. The lowest BCUT2D eigenvalue weighted by atomic mass is 10.3. The summed E-state index contributed by atoms with van der Waals surface area (Å²) >= 11 is 5.26. The molecule has 0 aliphatic carbocycles. The lowest BCUT2D eigenvalue weighted by molar-refractivity contribution is 0.800. The van der Waals surface area contributed by atoms with Crippen molar-refractivity contribution >= 4 is 23.0 Å². The molecule has 0 radical (unpaired) electrons. The van der Waals surface area contributed by atoms with Gasteiger partial charge in [0.2, 0.25) is 0 Å². The second-order valence-electron chi connectivity index (χ2n) is 3.99. The maximum absolute atomic E-state index is 11.7. The smallest absolute Gasteiger partial charge is 0.256 e. The van der Waals surface area contributed by atoms with Gasteiger partial charge in [-0.2, -0.15) is 0 Å². The van der Waals surface area contributed by atoms with Crippen LogP contribution in [0.4, 0.5) is 5.82 Å². The minimum Gasteiger partial charge on any atom is -0.317 e. The number of thiocarbonyl (C=S) groups is 1. The summed E-state index contributed by atoms with van der Waals surface area (Å²) in [5, 5.41) is 0. The third-order valence-corrected chi connectivity index (χ3v) is 2.79. The molecule has 0 aromatic carbocycles. The number of fused-ring (bicyclic) bond motifs is 1. The highest BCUT2D eigenvalue weighted by atomic mass is 32.1. The Morgan fingerprint density at radius 1 is 1.53 bits per heavy atom. The van der Waals surface area contributed by atoms with Gasteiger partial charge in [0.15, 0.2) is 0 Å². The first-order chi connectivity index (χ1) is 7.00. The minimum absolute atomic E-state index is 0.0667. The van der Waals surface area contributed by atoms with E-state index in [1.165, 1.54) is 0 Å². The number of aryl methyl sites for hydroxylation is 1. The third-order valence-electron chi connectivity index (χ3n) is 2.45. The molecule has 0 fully saturated rings. The zero-order valence-electron chi connectivity index (χ0n) is 9.00. The summed E-state index contributed by atoms with van der Waals surface area (Å²) in [4.78, 5) is 21.4. The van der Waals surface area contributed by atoms with Crippen LogP contribution in [0.5, 0.6) is 0 Å². The lowest BCUT2D eigenvalue weighted by Gasteiger charge is -2.22. The minimum atomic E-state index is -0.0667. The summed E-state index contributed by atoms with van der Waals surface area (Å²) in [6, 6.07) is 0.243. The number of nitrogens with one attached hydrogen (secondary N) is 1. The number of anilines is 1. The van der Waals surface area contributed by atoms with Gasteiger partial charge in [-0.3, -0.25) is 4.79 Å². The van der Waals surface area contributed by atoms with Crippen LogP contribution in [-0.4, -0.2) is 21.0 Å². The Bertz CT molecular complexity index is 478. The van der Waals surface area contributed by atoms with E-state index in [1.807, 2.05) is 18.7 Å². The molecule has 0 atom stereocenters. The van der Waals surface area contributed by atoms with Gasteiger partial charge in [-0.25, -0.2) is 4.98 Å². The Kier molecular flexibility index (Phi) is 2.34. The first-order valence-electron chi connectivity index (χ1n) is 4.92. The van der Waals surface area contributed by atoms with Crippen molar-refractivity contribution in [2.75, 3.05) is 4.90 Å². The molecule has 1 aromatic heterocycles. The van der Waals surface area contributed by atoms with Gasteiger partial charge in [0, 0.05) is 12.5 Å². The summed E-state index contributed by atoms with van der Waals surface area (Å²) in [6.07, 6.45) is 0.533. The highest BCUT2D eigenvalue weighted by Crippen LogP contribution is 2.26. The standard InChI is InChI=1S/C10H13N3OS/c1-5(2)13-8(15)4-7-9(13)11-6(3)12-10(7)14/h5H,4H2,1-3H3,(H,11,12,14). The molecule has 4 nitrogen and oxygen atoms in total. The van der Waals surface area contributed by atoms with Gasteiger partial charge >= 0.3 is 0 Å². The van der Waals surface area contributed by atoms with E-state index in [9.17, 15) is 4.79 Å². The van der Waals surface area contributed by atoms with Crippen molar-refractivity contribution < 1.29 is 0 Å². The van der Waals surface area contributed by atoms with Crippen LogP contribution in [0.3, 0.4) is 0 Å². The number of H-pyrrole nitrogens is 1. The summed E-state index contributed by atoms with van der Waals surface area (Å²) in [5.74, 6) is 1.37. The van der Waals surface area contributed by atoms with Crippen molar-refractivity contribution in [1.29, 1.82) is 0 Å². The molecule has 0 saturated heterocycles. The quantitative estimate of drug-likeness (QED) is 0.726. The van der Waals surface area contributed by atoms with E-state index in [0.717, 1.165) is 10.8 Å². The summed E-state index contributed by atoms with van der Waals surface area (Å²) in [6.45, 7) is 5.86. The molecule has 1 aliphatic rings. The zero-order chi connectivity index (χ0) is 11.2. The first kappa shape index (κ1) is 10.3. The van der Waals surface area contributed by atoms with Crippen molar-refractivity contribution in [3.63, 3.8) is 0 Å². The van der Waals surface area contributed by atoms with E-state index in [1.54, 1.807) is 6.92 Å². The number of rotatable bonds is 1. The molecular formula is C10H13N3OS. The summed E-state index contributed by atoms with van der Waals surface area (Å²) in [5.41, 5.74) is 0.627. The molecule has 15 heavy (non-hydrogen) atoms. The SMILES string of the molecule is Cc1nc2c(c(=O)[nH]1)CC(=S)N2C(C)C. The molecule has 0 amide bonds. The van der Waals surface area contributed by atoms with Crippen LogP contribution >= 0.6 is 12.2 Å². The maximum Gasteiger partial charge on any atom is 0.256 e. The fourth-order valence-electron chi connectivity index (χ4n) is 1.84. The number of hydrogen-bond acceptors (Lipinski definition) is 3. The molecule has 0 saturated carbocycles. The Labute approximate surface area is 93.3 Å². The van der Waals surface area contributed by atoms with Crippen molar-refractivity contribution in [2.24, 2.45) is 0 Å². The van der Waals surface area contributed by atoms with E-state index < -0.39 is 0 Å². The van der Waals surface area contributed by atoms with Gasteiger partial charge in [0.05, 0.1) is 10.6 Å². The van der Waals surface area contributed by atoms with Gasteiger partial charge in [-0.05, 0) is 20.8 Å². The van der Waals surface area contributed by atoms with E-state index in [0.29, 0.717) is 17.8 Å². The third kappa shape index (κ3) is 1.56. The Balaban J connectivity index is 2.63. The lowest BCUT2D eigenvalue weighted by Crippen LogP contribution is -2.33. The fourth-order valence-corrected chi connectivity index (χ4v) is 2.28. The maximum atomic E-state index is 11.7. The van der Waals surface area contributed by atoms with Gasteiger partial charge in [-0.1, -0.05) is 12.2 Å². The van der Waals surface area contributed by atoms with Crippen LogP contribution in [0.1, 0.15) is 25.2 Å². The molecule has 0 unspecified atom stereocenters. The zero-order valence-corrected chi connectivity index (χ0v) is 9.81. The highest BCUT2D eigenvalue weighted by Gasteiger charge is 2.30. The molecule has 80 valence electrons. The van der Waals surface area contributed by atoms with Crippen LogP contribution in [0.2, 0.25) is 0 Å². The van der Waals surface area contributed by atoms with Gasteiger partial charge in [-0.15, -0.1) is 0 Å². The molecule has 2 rings (SSSR count). The fraction of sp³-hybridized carbons (Fsp3) is 0.500. The van der Waals surface area contributed by atoms with Gasteiger partial charge in [0.25, 0.3) is 5.56 Å². The van der Waals surface area contributed by atoms with Crippen LogP contribution in [-0.2, 0) is 6.42 Å². The number of aromatic nitrogens is 2. The molecular weight excluding hydrogens is 210 g/mol. The second kappa shape index (κ2) is 3.41. The van der Waals surface area contributed by atoms with Gasteiger partial charge < -0.3 is 9.88 Å². The van der Waals surface area contributed by atoms with Crippen LogP contribution in [0.25, 0.3) is 0 Å². The molecule has 2 heterocycles. The number of hydrogen-bond donors (Lipinski definition) is 1. The van der Waals surface area contributed by atoms with Crippen molar-refractivity contribution in [3.05, 3.63) is 21.7 Å². The number of aromatic amines is 1. The van der Waals surface area contributed by atoms with E-state index in [-0.39, 0.29) is 11.6 Å². The Morgan fingerprint density at radius 3 is 2.80 bits per heavy atom. The van der Waals surface area contributed by atoms with Crippen molar-refractivity contribution in [3.8, 4) is 0 Å². The van der Waals surface area contributed by atoms with E-state index in [2.05, 4.69) is 9.97 Å². The van der Waals surface area contributed by atoms with Gasteiger partial charge in [0.1, 0.15) is 11.6 Å². The largest absolute Gasteiger partial charge is 0.317 e. The van der Waals surface area contributed by atoms with Crippen molar-refractivity contribution in [1.82, 2.24) is 9.97 Å². The summed E-state index contributed by atoms with van der Waals surface area (Å²) < 4.78 is 0. The number of nitrogens with zero attached hydrogens (tertiary/aromatic N) is 2. The topological polar surface area (TPSA) is 49.0 Å². The molecule has 1 aliphatic heterocycles. The van der Waals surface area contributed by atoms with Crippen LogP contribution in [0.15, 0.2) is 4.79 Å². The van der Waals surface area contributed by atoms with E-state index >= 15 is 0 Å². The van der Waals surface area contributed by atoms with Crippen LogP contribution < -0.4 is 10.5 Å². The average Bonchev–Trinajstić information content (AvgIpc) is 2.41. The monoisotopic (exact) mass is 223 g/mol. The normalized spacial score (nSPS) is 14.9. The predicted octanol–water partition coefficient (Wildman–Crippen LogP) is 1.18. The van der Waals surface area contributed by atoms with E-state index in [4.69, 9.17) is 12.2 Å². The molecule has 5 heteroatoms. The van der Waals surface area contributed by atoms with Crippen molar-refractivity contribution in [2.45, 2.75) is 33.2 Å².